The Kier molecular flexibility index (Phi) is 6.42. The molecule has 1 aromatic heterocycles. The van der Waals surface area contributed by atoms with Crippen LogP contribution < -0.4 is 4.90 Å². The molecule has 1 saturated carbocycles. The van der Waals surface area contributed by atoms with Crippen molar-refractivity contribution >= 4 is 17.6 Å². The van der Waals surface area contributed by atoms with E-state index in [1.165, 1.54) is 12.8 Å². The molecule has 0 N–H and O–H groups in total. The van der Waals surface area contributed by atoms with Gasteiger partial charge in [0.15, 0.2) is 0 Å². The van der Waals surface area contributed by atoms with Crippen LogP contribution in [0.3, 0.4) is 0 Å². The Balaban J connectivity index is 1.27. The summed E-state index contributed by atoms with van der Waals surface area (Å²) >= 11 is 0. The molecule has 0 aromatic carbocycles. The Hall–Kier alpha value is -2.06. The largest absolute Gasteiger partial charge is 0.379 e. The van der Waals surface area contributed by atoms with Gasteiger partial charge in [-0.3, -0.25) is 19.4 Å². The van der Waals surface area contributed by atoms with E-state index in [1.54, 1.807) is 0 Å². The maximum atomic E-state index is 12.9. The summed E-state index contributed by atoms with van der Waals surface area (Å²) in [6.07, 6.45) is 6.22. The first-order chi connectivity index (χ1) is 15.6. The minimum absolute atomic E-state index is 0.139. The highest BCUT2D eigenvalue weighted by Gasteiger charge is 2.34. The van der Waals surface area contributed by atoms with Gasteiger partial charge in [0.05, 0.1) is 13.2 Å². The van der Waals surface area contributed by atoms with Crippen LogP contribution in [0.4, 0.5) is 5.82 Å². The van der Waals surface area contributed by atoms with E-state index >= 15 is 0 Å². The highest BCUT2D eigenvalue weighted by molar-refractivity contribution is 5.95. The van der Waals surface area contributed by atoms with Crippen LogP contribution in [-0.4, -0.2) is 84.1 Å². The fourth-order valence-electron chi connectivity index (χ4n) is 5.18. The SMILES string of the molecule is Cc1nc([C@H]2CCCN(C(=O)CCN3CCOCC3)C2)nc2c1CCC(=O)N2CC1CC1. The van der Waals surface area contributed by atoms with Gasteiger partial charge in [-0.25, -0.2) is 9.97 Å². The van der Waals surface area contributed by atoms with Crippen LogP contribution >= 0.6 is 0 Å². The van der Waals surface area contributed by atoms with Gasteiger partial charge in [0, 0.05) is 69.3 Å². The first-order valence-corrected chi connectivity index (χ1v) is 12.3. The predicted octanol–water partition coefficient (Wildman–Crippen LogP) is 1.90. The van der Waals surface area contributed by atoms with E-state index in [1.807, 2.05) is 16.7 Å². The number of anilines is 1. The molecule has 5 rings (SSSR count). The van der Waals surface area contributed by atoms with Crippen molar-refractivity contribution in [2.45, 2.75) is 57.8 Å². The van der Waals surface area contributed by atoms with E-state index in [2.05, 4.69) is 4.90 Å². The molecule has 1 aliphatic carbocycles. The minimum atomic E-state index is 0.139. The fraction of sp³-hybridized carbons (Fsp3) is 0.750. The Morgan fingerprint density at radius 2 is 1.91 bits per heavy atom. The number of carbonyl (C=O) groups is 2. The molecule has 2 amide bonds. The number of ether oxygens (including phenoxy) is 1. The van der Waals surface area contributed by atoms with Gasteiger partial charge < -0.3 is 9.64 Å². The van der Waals surface area contributed by atoms with E-state index in [-0.39, 0.29) is 17.7 Å². The van der Waals surface area contributed by atoms with E-state index < -0.39 is 0 Å². The Morgan fingerprint density at radius 3 is 2.69 bits per heavy atom. The third kappa shape index (κ3) is 4.81. The normalized spacial score (nSPS) is 24.5. The molecule has 4 heterocycles. The second-order valence-electron chi connectivity index (χ2n) is 9.80. The van der Waals surface area contributed by atoms with Crippen LogP contribution in [0.5, 0.6) is 0 Å². The lowest BCUT2D eigenvalue weighted by Gasteiger charge is -2.34. The number of hydrogen-bond acceptors (Lipinski definition) is 6. The number of rotatable bonds is 6. The van der Waals surface area contributed by atoms with Crippen LogP contribution in [0.15, 0.2) is 0 Å². The molecule has 0 spiro atoms. The highest BCUT2D eigenvalue weighted by Crippen LogP contribution is 2.36. The molecule has 32 heavy (non-hydrogen) atoms. The van der Waals surface area contributed by atoms with Gasteiger partial charge in [0.25, 0.3) is 0 Å². The number of amides is 2. The number of piperidine rings is 1. The van der Waals surface area contributed by atoms with Crippen LogP contribution in [0.1, 0.15) is 61.5 Å². The number of likely N-dealkylation sites (tertiary alicyclic amines) is 1. The zero-order valence-electron chi connectivity index (χ0n) is 19.2. The van der Waals surface area contributed by atoms with E-state index in [9.17, 15) is 9.59 Å². The van der Waals surface area contributed by atoms with Gasteiger partial charge in [-0.05, 0) is 44.9 Å². The standard InChI is InChI=1S/C24H35N5O3/c1-17-20-6-7-22(31)29(15-18-4-5-18)24(20)26-23(25-17)19-3-2-9-28(16-19)21(30)8-10-27-11-13-32-14-12-27/h18-19H,2-16H2,1H3/t19-/m0/s1. The molecule has 0 bridgehead atoms. The first kappa shape index (κ1) is 21.8. The van der Waals surface area contributed by atoms with Crippen molar-refractivity contribution in [2.24, 2.45) is 5.92 Å². The molecular weight excluding hydrogens is 406 g/mol. The van der Waals surface area contributed by atoms with Crippen molar-refractivity contribution < 1.29 is 14.3 Å². The zero-order valence-corrected chi connectivity index (χ0v) is 19.2. The first-order valence-electron chi connectivity index (χ1n) is 12.3. The number of aryl methyl sites for hydroxylation is 1. The number of aromatic nitrogens is 2. The van der Waals surface area contributed by atoms with Crippen LogP contribution in [-0.2, 0) is 20.7 Å². The lowest BCUT2D eigenvalue weighted by Crippen LogP contribution is -2.43. The predicted molar refractivity (Wildman–Crippen MR) is 121 cm³/mol. The van der Waals surface area contributed by atoms with Gasteiger partial charge >= 0.3 is 0 Å². The second-order valence-corrected chi connectivity index (χ2v) is 9.80. The monoisotopic (exact) mass is 441 g/mol. The van der Waals surface area contributed by atoms with Crippen LogP contribution in [0, 0.1) is 12.8 Å². The topological polar surface area (TPSA) is 78.9 Å². The summed E-state index contributed by atoms with van der Waals surface area (Å²) in [5, 5.41) is 0. The van der Waals surface area contributed by atoms with Crippen molar-refractivity contribution in [1.29, 1.82) is 0 Å². The number of hydrogen-bond donors (Lipinski definition) is 0. The molecule has 1 aromatic rings. The van der Waals surface area contributed by atoms with Crippen LogP contribution in [0.2, 0.25) is 0 Å². The molecule has 1 atom stereocenters. The number of nitrogens with zero attached hydrogens (tertiary/aromatic N) is 5. The highest BCUT2D eigenvalue weighted by atomic mass is 16.5. The Labute approximate surface area is 190 Å². The molecule has 3 aliphatic heterocycles. The molecule has 174 valence electrons. The summed E-state index contributed by atoms with van der Waals surface area (Å²) in [7, 11) is 0. The molecule has 8 nitrogen and oxygen atoms in total. The average Bonchev–Trinajstić information content (AvgIpc) is 3.64. The van der Waals surface area contributed by atoms with Gasteiger partial charge in [0.1, 0.15) is 11.6 Å². The van der Waals surface area contributed by atoms with Crippen LogP contribution in [0.25, 0.3) is 0 Å². The molecule has 2 saturated heterocycles. The molecular formula is C24H35N5O3. The van der Waals surface area contributed by atoms with E-state index in [0.29, 0.717) is 25.3 Å². The lowest BCUT2D eigenvalue weighted by molar-refractivity contribution is -0.133. The molecule has 3 fully saturated rings. The summed E-state index contributed by atoms with van der Waals surface area (Å²) in [4.78, 5) is 41.6. The van der Waals surface area contributed by atoms with Crippen molar-refractivity contribution in [3.63, 3.8) is 0 Å². The molecule has 0 unspecified atom stereocenters. The molecule has 4 aliphatic rings. The number of carbonyl (C=O) groups excluding carboxylic acids is 2. The zero-order chi connectivity index (χ0) is 22.1. The smallest absolute Gasteiger partial charge is 0.228 e. The summed E-state index contributed by atoms with van der Waals surface area (Å²) in [5.41, 5.74) is 2.12. The maximum Gasteiger partial charge on any atom is 0.228 e. The second kappa shape index (κ2) is 9.43. The van der Waals surface area contributed by atoms with E-state index in [4.69, 9.17) is 14.7 Å². The summed E-state index contributed by atoms with van der Waals surface area (Å²) in [5.74, 6) is 2.82. The number of morpholine rings is 1. The summed E-state index contributed by atoms with van der Waals surface area (Å²) < 4.78 is 5.40. The van der Waals surface area contributed by atoms with Crippen molar-refractivity contribution in [2.75, 3.05) is 57.4 Å². The van der Waals surface area contributed by atoms with E-state index in [0.717, 1.165) is 88.1 Å². The van der Waals surface area contributed by atoms with Gasteiger partial charge in [-0.15, -0.1) is 0 Å². The third-order valence-corrected chi connectivity index (χ3v) is 7.38. The quantitative estimate of drug-likeness (QED) is 0.671. The Bertz CT molecular complexity index is 865. The minimum Gasteiger partial charge on any atom is -0.379 e. The van der Waals surface area contributed by atoms with Crippen molar-refractivity contribution in [3.05, 3.63) is 17.1 Å². The molecule has 8 heteroatoms. The fourth-order valence-corrected chi connectivity index (χ4v) is 5.18. The summed E-state index contributed by atoms with van der Waals surface area (Å²) in [6, 6.07) is 0. The Morgan fingerprint density at radius 1 is 1.09 bits per heavy atom. The maximum absolute atomic E-state index is 12.9. The number of fused-ring (bicyclic) bond motifs is 1. The van der Waals surface area contributed by atoms with Gasteiger partial charge in [0.2, 0.25) is 11.8 Å². The van der Waals surface area contributed by atoms with Crippen molar-refractivity contribution in [3.8, 4) is 0 Å². The van der Waals surface area contributed by atoms with Gasteiger partial charge in [-0.2, -0.15) is 0 Å². The third-order valence-electron chi connectivity index (χ3n) is 7.38. The van der Waals surface area contributed by atoms with Crippen molar-refractivity contribution in [1.82, 2.24) is 19.8 Å². The summed E-state index contributed by atoms with van der Waals surface area (Å²) in [6.45, 7) is 8.47. The lowest BCUT2D eigenvalue weighted by atomic mass is 9.95. The molecule has 0 radical (unpaired) electrons. The average molecular weight is 442 g/mol. The van der Waals surface area contributed by atoms with Gasteiger partial charge in [-0.1, -0.05) is 0 Å².